The van der Waals surface area contributed by atoms with Gasteiger partial charge in [0.15, 0.2) is 0 Å². The van der Waals surface area contributed by atoms with E-state index in [1.54, 1.807) is 24.3 Å². The molecular formula is C20H20N2O. The average Bonchev–Trinajstić information content (AvgIpc) is 3.04. The molecule has 1 fully saturated rings. The van der Waals surface area contributed by atoms with Gasteiger partial charge in [-0.15, -0.1) is 0 Å². The normalized spacial score (nSPS) is 20.0. The van der Waals surface area contributed by atoms with E-state index in [-0.39, 0.29) is 5.91 Å². The standard InChI is InChI=1S/C20H20N2O/c21-14-15-7-10-19(11-8-15)22-20(23)13-16-6-9-18(12-16)17-4-2-1-3-5-17/h1-5,7-8,10-11,16,18H,6,9,12-13H2,(H,22,23)/t16?,18-/m0/s1. The van der Waals surface area contributed by atoms with Gasteiger partial charge in [-0.3, -0.25) is 4.79 Å². The van der Waals surface area contributed by atoms with Crippen molar-refractivity contribution in [2.45, 2.75) is 31.6 Å². The number of nitriles is 1. The molecule has 0 saturated heterocycles. The largest absolute Gasteiger partial charge is 0.326 e. The van der Waals surface area contributed by atoms with Crippen LogP contribution in [-0.2, 0) is 4.79 Å². The summed E-state index contributed by atoms with van der Waals surface area (Å²) >= 11 is 0. The molecule has 1 aliphatic rings. The Morgan fingerprint density at radius 2 is 1.83 bits per heavy atom. The first-order valence-corrected chi connectivity index (χ1v) is 8.09. The number of nitrogens with zero attached hydrogens (tertiary/aromatic N) is 1. The number of carbonyl (C=O) groups is 1. The fraction of sp³-hybridized carbons (Fsp3) is 0.300. The van der Waals surface area contributed by atoms with Crippen LogP contribution in [0.4, 0.5) is 5.69 Å². The Labute approximate surface area is 137 Å². The smallest absolute Gasteiger partial charge is 0.224 e. The molecule has 0 aliphatic heterocycles. The predicted molar refractivity (Wildman–Crippen MR) is 90.9 cm³/mol. The molecule has 1 unspecified atom stereocenters. The van der Waals surface area contributed by atoms with E-state index in [4.69, 9.17) is 5.26 Å². The van der Waals surface area contributed by atoms with Crippen molar-refractivity contribution in [1.82, 2.24) is 0 Å². The van der Waals surface area contributed by atoms with Gasteiger partial charge < -0.3 is 5.32 Å². The molecule has 116 valence electrons. The molecule has 23 heavy (non-hydrogen) atoms. The third-order valence-electron chi connectivity index (χ3n) is 4.58. The predicted octanol–water partition coefficient (Wildman–Crippen LogP) is 4.47. The van der Waals surface area contributed by atoms with Crippen LogP contribution in [0.1, 0.15) is 42.7 Å². The van der Waals surface area contributed by atoms with Crippen molar-refractivity contribution in [2.24, 2.45) is 5.92 Å². The second-order valence-electron chi connectivity index (χ2n) is 6.23. The maximum absolute atomic E-state index is 12.2. The van der Waals surface area contributed by atoms with Gasteiger partial charge in [0.05, 0.1) is 11.6 Å². The van der Waals surface area contributed by atoms with Crippen LogP contribution in [0.25, 0.3) is 0 Å². The minimum Gasteiger partial charge on any atom is -0.326 e. The molecular weight excluding hydrogens is 284 g/mol. The fourth-order valence-electron chi connectivity index (χ4n) is 3.39. The molecule has 3 rings (SSSR count). The van der Waals surface area contributed by atoms with Crippen LogP contribution >= 0.6 is 0 Å². The second kappa shape index (κ2) is 7.11. The van der Waals surface area contributed by atoms with E-state index in [1.165, 1.54) is 12.0 Å². The van der Waals surface area contributed by atoms with Crippen LogP contribution < -0.4 is 5.32 Å². The van der Waals surface area contributed by atoms with Crippen molar-refractivity contribution in [3.63, 3.8) is 0 Å². The topological polar surface area (TPSA) is 52.9 Å². The zero-order valence-corrected chi connectivity index (χ0v) is 13.0. The maximum atomic E-state index is 12.2. The summed E-state index contributed by atoms with van der Waals surface area (Å²) in [5.74, 6) is 1.11. The summed E-state index contributed by atoms with van der Waals surface area (Å²) < 4.78 is 0. The third kappa shape index (κ3) is 3.98. The first-order chi connectivity index (χ1) is 11.2. The molecule has 1 N–H and O–H groups in total. The SMILES string of the molecule is N#Cc1ccc(NC(=O)CC2CC[C@H](c3ccccc3)C2)cc1. The first-order valence-electron chi connectivity index (χ1n) is 8.09. The summed E-state index contributed by atoms with van der Waals surface area (Å²) in [4.78, 5) is 12.2. The number of rotatable bonds is 4. The molecule has 0 heterocycles. The number of carbonyl (C=O) groups excluding carboxylic acids is 1. The summed E-state index contributed by atoms with van der Waals surface area (Å²) in [5, 5.41) is 11.7. The number of hydrogen-bond acceptors (Lipinski definition) is 2. The van der Waals surface area contributed by atoms with E-state index in [9.17, 15) is 4.79 Å². The molecule has 3 nitrogen and oxygen atoms in total. The number of anilines is 1. The van der Waals surface area contributed by atoms with E-state index in [1.807, 2.05) is 6.07 Å². The van der Waals surface area contributed by atoms with Crippen molar-refractivity contribution in [2.75, 3.05) is 5.32 Å². The summed E-state index contributed by atoms with van der Waals surface area (Å²) in [6.45, 7) is 0. The van der Waals surface area contributed by atoms with Crippen LogP contribution in [0.5, 0.6) is 0 Å². The van der Waals surface area contributed by atoms with Crippen LogP contribution in [0.3, 0.4) is 0 Å². The molecule has 2 aromatic carbocycles. The van der Waals surface area contributed by atoms with Crippen molar-refractivity contribution in [3.05, 3.63) is 65.7 Å². The zero-order valence-electron chi connectivity index (χ0n) is 13.0. The van der Waals surface area contributed by atoms with E-state index in [0.717, 1.165) is 18.5 Å². The fourth-order valence-corrected chi connectivity index (χ4v) is 3.39. The summed E-state index contributed by atoms with van der Waals surface area (Å²) in [7, 11) is 0. The van der Waals surface area contributed by atoms with E-state index in [0.29, 0.717) is 23.8 Å². The molecule has 1 saturated carbocycles. The number of benzene rings is 2. The third-order valence-corrected chi connectivity index (χ3v) is 4.58. The van der Waals surface area contributed by atoms with Gasteiger partial charge in [-0.1, -0.05) is 30.3 Å². The van der Waals surface area contributed by atoms with E-state index in [2.05, 4.69) is 35.7 Å². The van der Waals surface area contributed by atoms with Crippen LogP contribution in [0.15, 0.2) is 54.6 Å². The average molecular weight is 304 g/mol. The highest BCUT2D eigenvalue weighted by molar-refractivity contribution is 5.90. The first kappa shape index (κ1) is 15.3. The molecule has 2 aromatic rings. The highest BCUT2D eigenvalue weighted by atomic mass is 16.1. The van der Waals surface area contributed by atoms with Gasteiger partial charge in [0.25, 0.3) is 0 Å². The number of amides is 1. The lowest BCUT2D eigenvalue weighted by Crippen LogP contribution is -2.15. The quantitative estimate of drug-likeness (QED) is 0.906. The molecule has 1 amide bonds. The van der Waals surface area contributed by atoms with Gasteiger partial charge in [0.1, 0.15) is 0 Å². The van der Waals surface area contributed by atoms with Crippen molar-refractivity contribution in [3.8, 4) is 6.07 Å². The number of hydrogen-bond donors (Lipinski definition) is 1. The van der Waals surface area contributed by atoms with Gasteiger partial charge in [-0.25, -0.2) is 0 Å². The Morgan fingerprint density at radius 3 is 2.52 bits per heavy atom. The Kier molecular flexibility index (Phi) is 4.73. The molecule has 0 aromatic heterocycles. The second-order valence-corrected chi connectivity index (χ2v) is 6.23. The lowest BCUT2D eigenvalue weighted by molar-refractivity contribution is -0.117. The molecule has 0 radical (unpaired) electrons. The van der Waals surface area contributed by atoms with Crippen LogP contribution in [0, 0.1) is 17.2 Å². The van der Waals surface area contributed by atoms with Gasteiger partial charge >= 0.3 is 0 Å². The number of nitrogens with one attached hydrogen (secondary N) is 1. The Morgan fingerprint density at radius 1 is 1.09 bits per heavy atom. The van der Waals surface area contributed by atoms with Crippen LogP contribution in [-0.4, -0.2) is 5.91 Å². The lowest BCUT2D eigenvalue weighted by Gasteiger charge is -2.12. The Balaban J connectivity index is 1.51. The van der Waals surface area contributed by atoms with E-state index < -0.39 is 0 Å². The molecule has 0 spiro atoms. The highest BCUT2D eigenvalue weighted by Gasteiger charge is 2.27. The van der Waals surface area contributed by atoms with Gasteiger partial charge in [0, 0.05) is 12.1 Å². The van der Waals surface area contributed by atoms with Gasteiger partial charge in [-0.2, -0.15) is 5.26 Å². The monoisotopic (exact) mass is 304 g/mol. The molecule has 2 atom stereocenters. The lowest BCUT2D eigenvalue weighted by atomic mass is 9.95. The van der Waals surface area contributed by atoms with Gasteiger partial charge in [0.2, 0.25) is 5.91 Å². The molecule has 0 bridgehead atoms. The summed E-state index contributed by atoms with van der Waals surface area (Å²) in [5.41, 5.74) is 2.75. The van der Waals surface area contributed by atoms with Crippen molar-refractivity contribution >= 4 is 11.6 Å². The Hall–Kier alpha value is -2.60. The van der Waals surface area contributed by atoms with Crippen molar-refractivity contribution in [1.29, 1.82) is 5.26 Å². The molecule has 3 heteroatoms. The zero-order chi connectivity index (χ0) is 16.1. The summed E-state index contributed by atoms with van der Waals surface area (Å²) in [6.07, 6.45) is 3.94. The van der Waals surface area contributed by atoms with Crippen LogP contribution in [0.2, 0.25) is 0 Å². The molecule has 1 aliphatic carbocycles. The minimum atomic E-state index is 0.0634. The van der Waals surface area contributed by atoms with Gasteiger partial charge in [-0.05, 0) is 60.9 Å². The Bertz CT molecular complexity index is 701. The van der Waals surface area contributed by atoms with Crippen molar-refractivity contribution < 1.29 is 4.79 Å². The summed E-state index contributed by atoms with van der Waals surface area (Å²) in [6, 6.07) is 19.6. The highest BCUT2D eigenvalue weighted by Crippen LogP contribution is 2.39. The minimum absolute atomic E-state index is 0.0634. The maximum Gasteiger partial charge on any atom is 0.224 e. The van der Waals surface area contributed by atoms with E-state index >= 15 is 0 Å².